The third-order valence-corrected chi connectivity index (χ3v) is 2.86. The first-order valence-electron chi connectivity index (χ1n) is 5.87. The topological polar surface area (TPSA) is 35.5 Å². The van der Waals surface area contributed by atoms with Gasteiger partial charge in [0.05, 0.1) is 19.3 Å². The lowest BCUT2D eigenvalue weighted by molar-refractivity contribution is 0.0893. The Hall–Kier alpha value is -1.35. The van der Waals surface area contributed by atoms with Crippen LogP contribution in [0.2, 0.25) is 0 Å². The highest BCUT2D eigenvalue weighted by atomic mass is 16.5. The quantitative estimate of drug-likeness (QED) is 0.562. The van der Waals surface area contributed by atoms with Gasteiger partial charge < -0.3 is 9.47 Å². The van der Waals surface area contributed by atoms with Crippen LogP contribution in [0, 0.1) is 13.8 Å². The third-order valence-electron chi connectivity index (χ3n) is 2.86. The van der Waals surface area contributed by atoms with Crippen LogP contribution in [0.1, 0.15) is 34.8 Å². The molecule has 0 bridgehead atoms. The Morgan fingerprint density at radius 1 is 1.29 bits per heavy atom. The zero-order valence-corrected chi connectivity index (χ0v) is 11.0. The Morgan fingerprint density at radius 3 is 2.59 bits per heavy atom. The van der Waals surface area contributed by atoms with E-state index in [1.54, 1.807) is 7.11 Å². The SMILES string of the molecule is CCOCCC(=O)c1ccc(C)c(C)c1OC. The molecular formula is C14H20O3. The summed E-state index contributed by atoms with van der Waals surface area (Å²) in [4.78, 5) is 12.0. The summed E-state index contributed by atoms with van der Waals surface area (Å²) in [6.45, 7) is 6.99. The van der Waals surface area contributed by atoms with Crippen LogP contribution < -0.4 is 4.74 Å². The monoisotopic (exact) mass is 236 g/mol. The summed E-state index contributed by atoms with van der Waals surface area (Å²) in [5.74, 6) is 0.755. The minimum atomic E-state index is 0.0680. The molecule has 0 atom stereocenters. The van der Waals surface area contributed by atoms with Crippen molar-refractivity contribution in [2.24, 2.45) is 0 Å². The molecule has 0 aromatic heterocycles. The number of rotatable bonds is 6. The number of benzene rings is 1. The van der Waals surface area contributed by atoms with Gasteiger partial charge >= 0.3 is 0 Å². The molecule has 0 heterocycles. The highest BCUT2D eigenvalue weighted by Crippen LogP contribution is 2.27. The van der Waals surface area contributed by atoms with Crippen molar-refractivity contribution in [2.75, 3.05) is 20.3 Å². The molecule has 1 aromatic carbocycles. The van der Waals surface area contributed by atoms with E-state index in [1.807, 2.05) is 32.9 Å². The van der Waals surface area contributed by atoms with E-state index in [4.69, 9.17) is 9.47 Å². The maximum Gasteiger partial charge on any atom is 0.168 e. The average Bonchev–Trinajstić information content (AvgIpc) is 2.32. The summed E-state index contributed by atoms with van der Waals surface area (Å²) in [5, 5.41) is 0. The maximum absolute atomic E-state index is 12.0. The van der Waals surface area contributed by atoms with Crippen molar-refractivity contribution in [1.82, 2.24) is 0 Å². The standard InChI is InChI=1S/C14H20O3/c1-5-17-9-8-13(15)12-7-6-10(2)11(3)14(12)16-4/h6-7H,5,8-9H2,1-4H3. The minimum Gasteiger partial charge on any atom is -0.496 e. The molecule has 0 fully saturated rings. The van der Waals surface area contributed by atoms with Crippen LogP contribution in [0.25, 0.3) is 0 Å². The van der Waals surface area contributed by atoms with Crippen LogP contribution in [-0.4, -0.2) is 26.1 Å². The molecule has 1 aromatic rings. The summed E-state index contributed by atoms with van der Waals surface area (Å²) < 4.78 is 10.5. The number of ether oxygens (including phenoxy) is 2. The van der Waals surface area contributed by atoms with E-state index in [0.29, 0.717) is 30.9 Å². The zero-order chi connectivity index (χ0) is 12.8. The molecule has 94 valence electrons. The summed E-state index contributed by atoms with van der Waals surface area (Å²) >= 11 is 0. The van der Waals surface area contributed by atoms with Gasteiger partial charge in [-0.25, -0.2) is 0 Å². The first-order valence-corrected chi connectivity index (χ1v) is 5.87. The summed E-state index contributed by atoms with van der Waals surface area (Å²) in [6, 6.07) is 3.78. The summed E-state index contributed by atoms with van der Waals surface area (Å²) in [6.07, 6.45) is 0.396. The van der Waals surface area contributed by atoms with E-state index in [9.17, 15) is 4.79 Å². The van der Waals surface area contributed by atoms with E-state index in [-0.39, 0.29) is 5.78 Å². The predicted molar refractivity (Wildman–Crippen MR) is 67.9 cm³/mol. The van der Waals surface area contributed by atoms with Gasteiger partial charge in [0.25, 0.3) is 0 Å². The van der Waals surface area contributed by atoms with Gasteiger partial charge in [0, 0.05) is 13.0 Å². The third kappa shape index (κ3) is 3.30. The van der Waals surface area contributed by atoms with Gasteiger partial charge in [-0.2, -0.15) is 0 Å². The Labute approximate surface area is 103 Å². The average molecular weight is 236 g/mol. The molecule has 0 saturated heterocycles. The molecule has 1 rings (SSSR count). The van der Waals surface area contributed by atoms with E-state index in [2.05, 4.69) is 0 Å². The predicted octanol–water partition coefficient (Wildman–Crippen LogP) is 2.92. The van der Waals surface area contributed by atoms with Gasteiger partial charge in [0.2, 0.25) is 0 Å². The summed E-state index contributed by atoms with van der Waals surface area (Å²) in [5.41, 5.74) is 2.80. The molecule has 3 nitrogen and oxygen atoms in total. The lowest BCUT2D eigenvalue weighted by Crippen LogP contribution is -2.08. The van der Waals surface area contributed by atoms with Crippen LogP contribution in [0.3, 0.4) is 0 Å². The van der Waals surface area contributed by atoms with E-state index in [1.165, 1.54) is 0 Å². The van der Waals surface area contributed by atoms with Crippen molar-refractivity contribution < 1.29 is 14.3 Å². The minimum absolute atomic E-state index is 0.0680. The highest BCUT2D eigenvalue weighted by Gasteiger charge is 2.15. The van der Waals surface area contributed by atoms with Crippen LogP contribution in [0.15, 0.2) is 12.1 Å². The number of aryl methyl sites for hydroxylation is 1. The number of hydrogen-bond donors (Lipinski definition) is 0. The van der Waals surface area contributed by atoms with Crippen LogP contribution in [0.4, 0.5) is 0 Å². The van der Waals surface area contributed by atoms with Crippen molar-refractivity contribution in [1.29, 1.82) is 0 Å². The van der Waals surface area contributed by atoms with E-state index >= 15 is 0 Å². The number of methoxy groups -OCH3 is 1. The summed E-state index contributed by atoms with van der Waals surface area (Å²) in [7, 11) is 1.60. The van der Waals surface area contributed by atoms with Gasteiger partial charge in [0.1, 0.15) is 5.75 Å². The molecular weight excluding hydrogens is 216 g/mol. The van der Waals surface area contributed by atoms with Crippen molar-refractivity contribution >= 4 is 5.78 Å². The fraction of sp³-hybridized carbons (Fsp3) is 0.500. The van der Waals surface area contributed by atoms with E-state index < -0.39 is 0 Å². The Morgan fingerprint density at radius 2 is 2.00 bits per heavy atom. The Kier molecular flexibility index (Phi) is 5.16. The second-order valence-corrected chi connectivity index (χ2v) is 3.96. The van der Waals surface area contributed by atoms with Gasteiger partial charge in [-0.15, -0.1) is 0 Å². The molecule has 0 unspecified atom stereocenters. The molecule has 0 N–H and O–H groups in total. The van der Waals surface area contributed by atoms with Gasteiger partial charge in [-0.3, -0.25) is 4.79 Å². The zero-order valence-electron chi connectivity index (χ0n) is 11.0. The fourth-order valence-corrected chi connectivity index (χ4v) is 1.72. The van der Waals surface area contributed by atoms with Crippen molar-refractivity contribution in [3.05, 3.63) is 28.8 Å². The second-order valence-electron chi connectivity index (χ2n) is 3.96. The maximum atomic E-state index is 12.0. The molecule has 0 radical (unpaired) electrons. The normalized spacial score (nSPS) is 10.4. The lowest BCUT2D eigenvalue weighted by atomic mass is 10.0. The Bertz CT molecular complexity index is 397. The van der Waals surface area contributed by atoms with E-state index in [0.717, 1.165) is 11.1 Å². The number of ketones is 1. The molecule has 17 heavy (non-hydrogen) atoms. The molecule has 0 aliphatic rings. The molecule has 0 aliphatic carbocycles. The number of Topliss-reactive ketones (excluding diaryl/α,β-unsaturated/α-hetero) is 1. The molecule has 0 amide bonds. The largest absolute Gasteiger partial charge is 0.496 e. The fourth-order valence-electron chi connectivity index (χ4n) is 1.72. The molecule has 0 spiro atoms. The number of carbonyl (C=O) groups is 1. The van der Waals surface area contributed by atoms with Gasteiger partial charge in [-0.05, 0) is 38.0 Å². The number of carbonyl (C=O) groups excluding carboxylic acids is 1. The molecule has 0 saturated carbocycles. The second kappa shape index (κ2) is 6.40. The van der Waals surface area contributed by atoms with Gasteiger partial charge in [-0.1, -0.05) is 6.07 Å². The lowest BCUT2D eigenvalue weighted by Gasteiger charge is -2.12. The van der Waals surface area contributed by atoms with Crippen molar-refractivity contribution in [3.8, 4) is 5.75 Å². The van der Waals surface area contributed by atoms with Crippen LogP contribution in [0.5, 0.6) is 5.75 Å². The first kappa shape index (κ1) is 13.7. The van der Waals surface area contributed by atoms with Crippen molar-refractivity contribution in [2.45, 2.75) is 27.2 Å². The molecule has 3 heteroatoms. The highest BCUT2D eigenvalue weighted by molar-refractivity contribution is 5.99. The van der Waals surface area contributed by atoms with Crippen molar-refractivity contribution in [3.63, 3.8) is 0 Å². The number of hydrogen-bond acceptors (Lipinski definition) is 3. The van der Waals surface area contributed by atoms with Crippen LogP contribution >= 0.6 is 0 Å². The van der Waals surface area contributed by atoms with Crippen LogP contribution in [-0.2, 0) is 4.74 Å². The molecule has 0 aliphatic heterocycles. The smallest absolute Gasteiger partial charge is 0.168 e. The Balaban J connectivity index is 2.90. The first-order chi connectivity index (χ1) is 8.11. The van der Waals surface area contributed by atoms with Gasteiger partial charge in [0.15, 0.2) is 5.78 Å².